The van der Waals surface area contributed by atoms with Crippen molar-refractivity contribution in [3.05, 3.63) is 185 Å². The van der Waals surface area contributed by atoms with Gasteiger partial charge < -0.3 is 14.2 Å². The Morgan fingerprint density at radius 1 is 0.817 bits per heavy atom. The molecule has 0 amide bonds. The van der Waals surface area contributed by atoms with Gasteiger partial charge in [-0.15, -0.1) is 0 Å². The number of rotatable bonds is 6. The van der Waals surface area contributed by atoms with Crippen molar-refractivity contribution in [3.63, 3.8) is 0 Å². The summed E-state index contributed by atoms with van der Waals surface area (Å²) in [5.74, 6) is 2.84. The molecule has 9 unspecified atom stereocenters. The maximum Gasteiger partial charge on any atom is 0.125 e. The third-order valence-electron chi connectivity index (χ3n) is 16.1. The molecule has 9 atom stereocenters. The highest BCUT2D eigenvalue weighted by atomic mass is 16.5. The number of benzene rings is 2. The second-order valence-electron chi connectivity index (χ2n) is 19.3. The molecule has 302 valence electrons. The van der Waals surface area contributed by atoms with E-state index in [1.165, 1.54) is 64.8 Å². The Morgan fingerprint density at radius 2 is 1.73 bits per heavy atom. The number of nitrogens with zero attached hydrogens (tertiary/aromatic N) is 2. The summed E-state index contributed by atoms with van der Waals surface area (Å²) in [6.45, 7) is 5.10. The molecule has 1 aliphatic heterocycles. The predicted octanol–water partition coefficient (Wildman–Crippen LogP) is 13.9. The Labute approximate surface area is 357 Å². The zero-order valence-electron chi connectivity index (χ0n) is 35.3. The van der Waals surface area contributed by atoms with Gasteiger partial charge >= 0.3 is 0 Å². The highest BCUT2D eigenvalue weighted by molar-refractivity contribution is 5.90. The molecule has 8 aliphatic carbocycles. The summed E-state index contributed by atoms with van der Waals surface area (Å²) >= 11 is 0. The normalized spacial score (nSPS) is 34.2. The Morgan fingerprint density at radius 3 is 2.60 bits per heavy atom. The van der Waals surface area contributed by atoms with Crippen molar-refractivity contribution < 1.29 is 4.74 Å². The molecule has 3 heteroatoms. The highest BCUT2D eigenvalue weighted by Crippen LogP contribution is 2.69. The zero-order chi connectivity index (χ0) is 40.0. The van der Waals surface area contributed by atoms with E-state index in [2.05, 4.69) is 175 Å². The van der Waals surface area contributed by atoms with Gasteiger partial charge in [-0.3, -0.25) is 0 Å². The lowest BCUT2D eigenvalue weighted by atomic mass is 9.55. The van der Waals surface area contributed by atoms with Crippen molar-refractivity contribution in [2.75, 3.05) is 4.90 Å². The van der Waals surface area contributed by atoms with E-state index in [-0.39, 0.29) is 23.0 Å². The fourth-order valence-corrected chi connectivity index (χ4v) is 13.7. The van der Waals surface area contributed by atoms with Gasteiger partial charge in [0.15, 0.2) is 0 Å². The lowest BCUT2D eigenvalue weighted by molar-refractivity contribution is 0.204. The van der Waals surface area contributed by atoms with Gasteiger partial charge in [0.25, 0.3) is 0 Å². The number of allylic oxidation sites excluding steroid dienone is 19. The SMILES string of the molecule is CC1C(N(c2ccc3c(c2)OC2CCC=CC32)C2(C)C=Cc3c(c4ccccc4n3C3C=CC=CC3)C2)=CC=C2C3C=CC=CC3C(C3=CCCC=C3)(C3=CCCCC3)C21. The van der Waals surface area contributed by atoms with E-state index in [4.69, 9.17) is 4.74 Å². The van der Waals surface area contributed by atoms with Crippen LogP contribution in [0.4, 0.5) is 5.69 Å². The molecule has 60 heavy (non-hydrogen) atoms. The zero-order valence-corrected chi connectivity index (χ0v) is 35.3. The fourth-order valence-electron chi connectivity index (χ4n) is 13.7. The summed E-state index contributed by atoms with van der Waals surface area (Å²) in [6.07, 6.45) is 55.8. The van der Waals surface area contributed by atoms with E-state index in [0.29, 0.717) is 29.7 Å². The topological polar surface area (TPSA) is 17.4 Å². The Kier molecular flexibility index (Phi) is 8.62. The fraction of sp³-hybridized carbons (Fsp3) is 0.368. The standard InChI is InChI=1S/C57H58N2O/c1-38-50(33-32-47-43-24-12-15-27-49(43)57(55(38)47,39-18-6-3-7-19-39)40-20-8-4-9-21-40)59(42-30-31-46-45-26-14-17-29-53(45)60-54(46)36-42)56(2)35-34-52-48(37-56)44-25-13-16-28-51(44)58(52)41-22-10-5-11-23-41/h5-6,10-16,18-20,22,24-28,30-36,38,41,43,45,49,53,55H,3-4,7-9,17,21,23,29,37H2,1-2H3. The third-order valence-corrected chi connectivity index (χ3v) is 16.1. The van der Waals surface area contributed by atoms with Crippen molar-refractivity contribution >= 4 is 22.7 Å². The van der Waals surface area contributed by atoms with Crippen molar-refractivity contribution in [1.82, 2.24) is 4.57 Å². The van der Waals surface area contributed by atoms with E-state index in [1.807, 2.05) is 0 Å². The Hall–Kier alpha value is -5.28. The van der Waals surface area contributed by atoms with Crippen LogP contribution in [-0.2, 0) is 6.42 Å². The van der Waals surface area contributed by atoms with E-state index >= 15 is 0 Å². The minimum atomic E-state index is -0.336. The second-order valence-corrected chi connectivity index (χ2v) is 19.3. The minimum Gasteiger partial charge on any atom is -0.489 e. The van der Waals surface area contributed by atoms with Crippen molar-refractivity contribution in [3.8, 4) is 5.75 Å². The monoisotopic (exact) mass is 786 g/mol. The van der Waals surface area contributed by atoms with Crippen LogP contribution in [0.3, 0.4) is 0 Å². The van der Waals surface area contributed by atoms with E-state index < -0.39 is 0 Å². The van der Waals surface area contributed by atoms with Gasteiger partial charge in [0, 0.05) is 81.0 Å². The first-order valence-electron chi connectivity index (χ1n) is 23.3. The lowest BCUT2D eigenvalue weighted by Crippen LogP contribution is -2.51. The molecule has 9 aliphatic rings. The largest absolute Gasteiger partial charge is 0.489 e. The number of aromatic nitrogens is 1. The van der Waals surface area contributed by atoms with Crippen molar-refractivity contribution in [1.29, 1.82) is 0 Å². The molecule has 0 radical (unpaired) electrons. The lowest BCUT2D eigenvalue weighted by Gasteiger charge is -2.51. The van der Waals surface area contributed by atoms with E-state index in [9.17, 15) is 0 Å². The van der Waals surface area contributed by atoms with Gasteiger partial charge in [-0.2, -0.15) is 0 Å². The van der Waals surface area contributed by atoms with Crippen LogP contribution in [0.25, 0.3) is 17.0 Å². The minimum absolute atomic E-state index is 0.0748. The number of para-hydroxylation sites is 1. The molecular weight excluding hydrogens is 729 g/mol. The Bertz CT molecular complexity index is 2630. The van der Waals surface area contributed by atoms with E-state index in [0.717, 1.165) is 44.3 Å². The molecule has 12 rings (SSSR count). The summed E-state index contributed by atoms with van der Waals surface area (Å²) in [5.41, 5.74) is 12.6. The number of hydrogen-bond donors (Lipinski definition) is 0. The molecule has 2 aromatic carbocycles. The van der Waals surface area contributed by atoms with Gasteiger partial charge in [-0.05, 0) is 100 Å². The number of hydrogen-bond acceptors (Lipinski definition) is 2. The van der Waals surface area contributed by atoms with Gasteiger partial charge in [-0.1, -0.05) is 140 Å². The molecule has 3 nitrogen and oxygen atoms in total. The smallest absolute Gasteiger partial charge is 0.125 e. The molecular formula is C57H58N2O. The first-order valence-corrected chi connectivity index (χ1v) is 23.3. The molecule has 1 aromatic heterocycles. The average molecular weight is 787 g/mol. The summed E-state index contributed by atoms with van der Waals surface area (Å²) in [5, 5.41) is 1.38. The first kappa shape index (κ1) is 36.6. The molecule has 2 heterocycles. The second kappa shape index (κ2) is 14.2. The van der Waals surface area contributed by atoms with Crippen LogP contribution in [0.5, 0.6) is 5.75 Å². The highest BCUT2D eigenvalue weighted by Gasteiger charge is 2.62. The average Bonchev–Trinajstić information content (AvgIpc) is 3.94. The third kappa shape index (κ3) is 5.33. The Balaban J connectivity index is 1.04. The van der Waals surface area contributed by atoms with Crippen LogP contribution < -0.4 is 9.64 Å². The van der Waals surface area contributed by atoms with Crippen LogP contribution in [0.1, 0.15) is 100 Å². The van der Waals surface area contributed by atoms with Crippen LogP contribution in [-0.4, -0.2) is 16.2 Å². The molecule has 1 fully saturated rings. The van der Waals surface area contributed by atoms with Gasteiger partial charge in [0.05, 0.1) is 11.6 Å². The van der Waals surface area contributed by atoms with Gasteiger partial charge in [-0.25, -0.2) is 0 Å². The van der Waals surface area contributed by atoms with Gasteiger partial charge in [0.2, 0.25) is 0 Å². The van der Waals surface area contributed by atoms with Gasteiger partial charge in [0.1, 0.15) is 11.9 Å². The van der Waals surface area contributed by atoms with Crippen LogP contribution >= 0.6 is 0 Å². The number of anilines is 1. The molecule has 0 spiro atoms. The van der Waals surface area contributed by atoms with Crippen molar-refractivity contribution in [2.24, 2.45) is 29.1 Å². The predicted molar refractivity (Wildman–Crippen MR) is 249 cm³/mol. The maximum atomic E-state index is 6.87. The molecule has 0 saturated heterocycles. The number of fused-ring (bicyclic) bond motifs is 9. The molecule has 3 aromatic rings. The summed E-state index contributed by atoms with van der Waals surface area (Å²) in [7, 11) is 0. The molecule has 0 bridgehead atoms. The summed E-state index contributed by atoms with van der Waals surface area (Å²) < 4.78 is 9.48. The number of ether oxygens (including phenoxy) is 1. The van der Waals surface area contributed by atoms with Crippen molar-refractivity contribution in [2.45, 2.75) is 102 Å². The maximum absolute atomic E-state index is 6.87. The first-order chi connectivity index (χ1) is 29.5. The van der Waals surface area contributed by atoms with Crippen LogP contribution in [0.15, 0.2) is 168 Å². The van der Waals surface area contributed by atoms with E-state index in [1.54, 1.807) is 16.7 Å². The molecule has 0 N–H and O–H groups in total. The molecule has 1 saturated carbocycles. The van der Waals surface area contributed by atoms with Crippen LogP contribution in [0, 0.1) is 29.1 Å². The summed E-state index contributed by atoms with van der Waals surface area (Å²) in [6, 6.07) is 16.7. The van der Waals surface area contributed by atoms with Crippen LogP contribution in [0.2, 0.25) is 0 Å². The quantitative estimate of drug-likeness (QED) is 0.232. The summed E-state index contributed by atoms with van der Waals surface area (Å²) in [4.78, 5) is 2.78.